The number of para-hydroxylation sites is 1. The first kappa shape index (κ1) is 25.0. The minimum atomic E-state index is -0.479. The zero-order chi connectivity index (χ0) is 23.3. The predicted octanol–water partition coefficient (Wildman–Crippen LogP) is 3.14. The largest absolute Gasteiger partial charge is 0.463 e. The highest BCUT2D eigenvalue weighted by atomic mass is 32.1. The number of anilines is 2. The van der Waals surface area contributed by atoms with E-state index < -0.39 is 11.9 Å². The van der Waals surface area contributed by atoms with Crippen molar-refractivity contribution in [1.82, 2.24) is 5.32 Å². The molecule has 2 aromatic rings. The third kappa shape index (κ3) is 8.09. The minimum absolute atomic E-state index is 0.0482. The van der Waals surface area contributed by atoms with Crippen molar-refractivity contribution in [3.05, 3.63) is 60.2 Å². The van der Waals surface area contributed by atoms with Gasteiger partial charge in [0.15, 0.2) is 5.11 Å². The van der Waals surface area contributed by atoms with Crippen LogP contribution in [0.5, 0.6) is 0 Å². The molecular weight excluding hydrogens is 430 g/mol. The molecule has 2 aromatic carbocycles. The molecule has 0 heterocycles. The zero-order valence-electron chi connectivity index (χ0n) is 18.1. The topological polar surface area (TPSA) is 97.0 Å². The van der Waals surface area contributed by atoms with Gasteiger partial charge >= 0.3 is 5.97 Å². The summed E-state index contributed by atoms with van der Waals surface area (Å²) in [4.78, 5) is 38.0. The van der Waals surface area contributed by atoms with Gasteiger partial charge in [0.05, 0.1) is 13.0 Å². The lowest BCUT2D eigenvalue weighted by Gasteiger charge is -2.21. The van der Waals surface area contributed by atoms with E-state index >= 15 is 0 Å². The first-order chi connectivity index (χ1) is 15.4. The Balaban J connectivity index is 1.84. The molecule has 0 aliphatic heterocycles. The number of hydrogen-bond acceptors (Lipinski definition) is 6. The number of nitrogens with one attached hydrogen (secondary N) is 2. The van der Waals surface area contributed by atoms with Crippen LogP contribution in [0.4, 0.5) is 11.4 Å². The van der Waals surface area contributed by atoms with Crippen LogP contribution in [-0.2, 0) is 19.1 Å². The van der Waals surface area contributed by atoms with E-state index in [1.807, 2.05) is 37.3 Å². The number of carbonyl (C=O) groups excluding carboxylic acids is 3. The van der Waals surface area contributed by atoms with E-state index in [4.69, 9.17) is 21.7 Å². The van der Waals surface area contributed by atoms with E-state index in [0.29, 0.717) is 24.4 Å². The molecule has 0 aliphatic rings. The Hall–Kier alpha value is -3.30. The Morgan fingerprint density at radius 3 is 2.28 bits per heavy atom. The molecule has 0 aliphatic carbocycles. The first-order valence-electron chi connectivity index (χ1n) is 10.2. The molecule has 0 spiro atoms. The van der Waals surface area contributed by atoms with Crippen LogP contribution in [0.25, 0.3) is 0 Å². The highest BCUT2D eigenvalue weighted by Gasteiger charge is 2.16. The summed E-state index contributed by atoms with van der Waals surface area (Å²) in [6, 6.07) is 16.2. The molecule has 0 bridgehead atoms. The second-order valence-corrected chi connectivity index (χ2v) is 7.09. The van der Waals surface area contributed by atoms with Crippen molar-refractivity contribution < 1.29 is 23.9 Å². The van der Waals surface area contributed by atoms with Gasteiger partial charge in [0.2, 0.25) is 5.91 Å². The number of thiocarbonyl (C=S) groups is 1. The molecule has 0 atom stereocenters. The normalized spacial score (nSPS) is 10.2. The lowest BCUT2D eigenvalue weighted by molar-refractivity contribution is -0.146. The van der Waals surface area contributed by atoms with Crippen LogP contribution in [0.3, 0.4) is 0 Å². The Kier molecular flexibility index (Phi) is 10.3. The average Bonchev–Trinajstić information content (AvgIpc) is 2.79. The fourth-order valence-electron chi connectivity index (χ4n) is 2.78. The Morgan fingerprint density at radius 1 is 0.969 bits per heavy atom. The van der Waals surface area contributed by atoms with Crippen LogP contribution < -0.4 is 15.5 Å². The molecule has 170 valence electrons. The number of methoxy groups -OCH3 is 1. The standard InChI is InChI=1S/C23H27N3O5S/c1-3-26(19-7-5-4-6-8-19)22(29)17-9-11-18(12-10-17)24-23(32)25-20(27)13-14-21(28)31-16-15-30-2/h4-12H,3,13-16H2,1-2H3,(H2,24,25,27,32). The van der Waals surface area contributed by atoms with Crippen LogP contribution >= 0.6 is 12.2 Å². The van der Waals surface area contributed by atoms with Gasteiger partial charge in [0, 0.05) is 37.0 Å². The Morgan fingerprint density at radius 2 is 1.66 bits per heavy atom. The van der Waals surface area contributed by atoms with Gasteiger partial charge < -0.3 is 25.0 Å². The average molecular weight is 458 g/mol. The Labute approximate surface area is 192 Å². The third-order valence-corrected chi connectivity index (χ3v) is 4.58. The van der Waals surface area contributed by atoms with E-state index in [1.54, 1.807) is 29.2 Å². The monoisotopic (exact) mass is 457 g/mol. The van der Waals surface area contributed by atoms with Gasteiger partial charge in [-0.05, 0) is 55.5 Å². The number of rotatable bonds is 10. The summed E-state index contributed by atoms with van der Waals surface area (Å²) < 4.78 is 9.68. The molecule has 0 saturated heterocycles. The van der Waals surface area contributed by atoms with Crippen molar-refractivity contribution >= 4 is 46.5 Å². The summed E-state index contributed by atoms with van der Waals surface area (Å²) in [7, 11) is 1.51. The van der Waals surface area contributed by atoms with Crippen LogP contribution in [0.1, 0.15) is 30.1 Å². The van der Waals surface area contributed by atoms with E-state index in [-0.39, 0.29) is 30.5 Å². The van der Waals surface area contributed by atoms with Crippen LogP contribution in [0.2, 0.25) is 0 Å². The quantitative estimate of drug-likeness (QED) is 0.321. The van der Waals surface area contributed by atoms with Gasteiger partial charge in [-0.15, -0.1) is 0 Å². The number of amides is 2. The highest BCUT2D eigenvalue weighted by Crippen LogP contribution is 2.18. The number of carbonyl (C=O) groups is 3. The fraction of sp³-hybridized carbons (Fsp3) is 0.304. The summed E-state index contributed by atoms with van der Waals surface area (Å²) in [5.41, 5.74) is 1.98. The molecule has 0 radical (unpaired) electrons. The minimum Gasteiger partial charge on any atom is -0.463 e. The zero-order valence-corrected chi connectivity index (χ0v) is 18.9. The molecule has 0 saturated carbocycles. The van der Waals surface area contributed by atoms with Crippen molar-refractivity contribution in [3.8, 4) is 0 Å². The number of esters is 1. The summed E-state index contributed by atoms with van der Waals surface area (Å²) in [6.07, 6.45) is -0.0995. The van der Waals surface area contributed by atoms with Gasteiger partial charge in [-0.3, -0.25) is 14.4 Å². The maximum Gasteiger partial charge on any atom is 0.306 e. The second kappa shape index (κ2) is 13.2. The molecule has 0 unspecified atom stereocenters. The lowest BCUT2D eigenvalue weighted by Crippen LogP contribution is -2.34. The maximum absolute atomic E-state index is 12.8. The smallest absolute Gasteiger partial charge is 0.306 e. The predicted molar refractivity (Wildman–Crippen MR) is 127 cm³/mol. The molecule has 2 rings (SSSR count). The fourth-order valence-corrected chi connectivity index (χ4v) is 3.01. The molecular formula is C23H27N3O5S. The van der Waals surface area contributed by atoms with Crippen molar-refractivity contribution in [3.63, 3.8) is 0 Å². The van der Waals surface area contributed by atoms with E-state index in [0.717, 1.165) is 5.69 Å². The summed E-state index contributed by atoms with van der Waals surface area (Å²) in [6.45, 7) is 2.91. The van der Waals surface area contributed by atoms with Crippen LogP contribution in [0.15, 0.2) is 54.6 Å². The van der Waals surface area contributed by atoms with Gasteiger partial charge in [-0.1, -0.05) is 18.2 Å². The third-order valence-electron chi connectivity index (χ3n) is 4.38. The van der Waals surface area contributed by atoms with Gasteiger partial charge in [-0.25, -0.2) is 0 Å². The summed E-state index contributed by atoms with van der Waals surface area (Å²) >= 11 is 5.14. The summed E-state index contributed by atoms with van der Waals surface area (Å²) in [5.74, 6) is -0.995. The second-order valence-electron chi connectivity index (χ2n) is 6.68. The molecule has 8 nitrogen and oxygen atoms in total. The van der Waals surface area contributed by atoms with Crippen LogP contribution in [0, 0.1) is 0 Å². The Bertz CT molecular complexity index is 919. The molecule has 0 fully saturated rings. The summed E-state index contributed by atoms with van der Waals surface area (Å²) in [5, 5.41) is 5.49. The molecule has 9 heteroatoms. The lowest BCUT2D eigenvalue weighted by atomic mass is 10.1. The SMILES string of the molecule is CCN(C(=O)c1ccc(NC(=S)NC(=O)CCC(=O)OCCOC)cc1)c1ccccc1. The van der Waals surface area contributed by atoms with E-state index in [2.05, 4.69) is 10.6 Å². The number of benzene rings is 2. The number of hydrogen-bond donors (Lipinski definition) is 2. The number of nitrogens with zero attached hydrogens (tertiary/aromatic N) is 1. The van der Waals surface area contributed by atoms with Crippen LogP contribution in [-0.4, -0.2) is 49.8 Å². The van der Waals surface area contributed by atoms with Gasteiger partial charge in [0.25, 0.3) is 5.91 Å². The van der Waals surface area contributed by atoms with Gasteiger partial charge in [-0.2, -0.15) is 0 Å². The van der Waals surface area contributed by atoms with Crippen molar-refractivity contribution in [2.75, 3.05) is 37.1 Å². The maximum atomic E-state index is 12.8. The molecule has 2 N–H and O–H groups in total. The molecule has 32 heavy (non-hydrogen) atoms. The van der Waals surface area contributed by atoms with Crippen molar-refractivity contribution in [2.45, 2.75) is 19.8 Å². The van der Waals surface area contributed by atoms with E-state index in [1.165, 1.54) is 7.11 Å². The first-order valence-corrected chi connectivity index (χ1v) is 10.6. The highest BCUT2D eigenvalue weighted by molar-refractivity contribution is 7.80. The van der Waals surface area contributed by atoms with Crippen molar-refractivity contribution in [2.24, 2.45) is 0 Å². The molecule has 2 amide bonds. The van der Waals surface area contributed by atoms with E-state index in [9.17, 15) is 14.4 Å². The van der Waals surface area contributed by atoms with Crippen molar-refractivity contribution in [1.29, 1.82) is 0 Å². The van der Waals surface area contributed by atoms with Gasteiger partial charge in [0.1, 0.15) is 6.61 Å². The molecule has 0 aromatic heterocycles. The number of ether oxygens (including phenoxy) is 2.